The summed E-state index contributed by atoms with van der Waals surface area (Å²) in [6.45, 7) is 3.68. The monoisotopic (exact) mass is 506 g/mol. The van der Waals surface area contributed by atoms with Crippen LogP contribution in [-0.4, -0.2) is 17.1 Å². The van der Waals surface area contributed by atoms with Gasteiger partial charge in [-0.05, 0) is 53.5 Å². The van der Waals surface area contributed by atoms with Gasteiger partial charge < -0.3 is 9.15 Å². The summed E-state index contributed by atoms with van der Waals surface area (Å²) in [7, 11) is 0. The molecule has 0 bridgehead atoms. The summed E-state index contributed by atoms with van der Waals surface area (Å²) in [4.78, 5) is 31.2. The Bertz CT molecular complexity index is 1350. The van der Waals surface area contributed by atoms with Crippen LogP contribution in [0, 0.1) is 0 Å². The zero-order valence-corrected chi connectivity index (χ0v) is 19.2. The van der Waals surface area contributed by atoms with E-state index < -0.39 is 12.0 Å². The second-order valence-corrected chi connectivity index (χ2v) is 8.66. The fourth-order valence-electron chi connectivity index (χ4n) is 3.32. The van der Waals surface area contributed by atoms with Gasteiger partial charge in [-0.25, -0.2) is 9.79 Å². The number of allylic oxidation sites excluding steroid dienone is 1. The third-order valence-corrected chi connectivity index (χ3v) is 6.34. The average Bonchev–Trinajstić information content (AvgIpc) is 3.24. The van der Waals surface area contributed by atoms with Crippen LogP contribution in [0.3, 0.4) is 0 Å². The number of hydrogen-bond acceptors (Lipinski definition) is 6. The highest BCUT2D eigenvalue weighted by molar-refractivity contribution is 9.10. The zero-order valence-electron chi connectivity index (χ0n) is 16.0. The number of carbonyl (C=O) groups is 1. The summed E-state index contributed by atoms with van der Waals surface area (Å²) in [6.07, 6.45) is 1.65. The molecule has 3 heterocycles. The molecular weight excluding hydrogens is 492 g/mol. The van der Waals surface area contributed by atoms with Gasteiger partial charge in [0.25, 0.3) is 5.56 Å². The van der Waals surface area contributed by atoms with Crippen LogP contribution in [0.5, 0.6) is 0 Å². The highest BCUT2D eigenvalue weighted by atomic mass is 79.9. The Morgan fingerprint density at radius 2 is 2.13 bits per heavy atom. The summed E-state index contributed by atoms with van der Waals surface area (Å²) in [5.41, 5.74) is 1.13. The highest BCUT2D eigenvalue weighted by Crippen LogP contribution is 2.34. The molecule has 0 saturated heterocycles. The van der Waals surface area contributed by atoms with E-state index in [0.717, 1.165) is 0 Å². The van der Waals surface area contributed by atoms with Gasteiger partial charge in [-0.15, -0.1) is 0 Å². The van der Waals surface area contributed by atoms with Gasteiger partial charge in [-0.2, -0.15) is 0 Å². The number of furan rings is 1. The van der Waals surface area contributed by atoms with Crippen LogP contribution in [0.4, 0.5) is 0 Å². The molecule has 0 spiro atoms. The van der Waals surface area contributed by atoms with Crippen molar-refractivity contribution >= 4 is 50.9 Å². The molecule has 6 nitrogen and oxygen atoms in total. The second kappa shape index (κ2) is 8.37. The Hall–Kier alpha value is -2.42. The summed E-state index contributed by atoms with van der Waals surface area (Å²) < 4.78 is 13.3. The van der Waals surface area contributed by atoms with Crippen molar-refractivity contribution in [3.05, 3.63) is 88.4 Å². The van der Waals surface area contributed by atoms with E-state index >= 15 is 0 Å². The van der Waals surface area contributed by atoms with E-state index in [0.29, 0.717) is 41.6 Å². The number of esters is 1. The fourth-order valence-corrected chi connectivity index (χ4v) is 4.90. The van der Waals surface area contributed by atoms with E-state index in [-0.39, 0.29) is 12.2 Å². The van der Waals surface area contributed by atoms with E-state index in [9.17, 15) is 9.59 Å². The number of carbonyl (C=O) groups excluding carboxylic acids is 1. The summed E-state index contributed by atoms with van der Waals surface area (Å²) in [6, 6.07) is 9.90. The molecule has 1 aromatic carbocycles. The summed E-state index contributed by atoms with van der Waals surface area (Å²) in [5, 5.41) is 0.448. The largest absolute Gasteiger partial charge is 0.463 e. The Morgan fingerprint density at radius 3 is 2.80 bits per heavy atom. The molecule has 1 atom stereocenters. The Balaban J connectivity index is 1.99. The molecular formula is C21H16BrClN2O4S. The second-order valence-electron chi connectivity index (χ2n) is 6.47. The van der Waals surface area contributed by atoms with Crippen molar-refractivity contribution in [2.45, 2.75) is 19.9 Å². The number of fused-ring (bicyclic) bond motifs is 1. The van der Waals surface area contributed by atoms with Crippen LogP contribution >= 0.6 is 38.9 Å². The number of rotatable bonds is 4. The van der Waals surface area contributed by atoms with E-state index in [2.05, 4.69) is 20.9 Å². The van der Waals surface area contributed by atoms with Crippen molar-refractivity contribution in [2.24, 2.45) is 4.99 Å². The first-order valence-corrected chi connectivity index (χ1v) is 11.1. The van der Waals surface area contributed by atoms with Crippen molar-refractivity contribution in [3.8, 4) is 0 Å². The number of benzene rings is 1. The summed E-state index contributed by atoms with van der Waals surface area (Å²) >= 11 is 10.9. The number of nitrogens with zero attached hydrogens (tertiary/aromatic N) is 2. The molecule has 0 amide bonds. The first-order chi connectivity index (χ1) is 14.4. The maximum atomic E-state index is 13.4. The van der Waals surface area contributed by atoms with Crippen molar-refractivity contribution in [1.29, 1.82) is 0 Å². The molecule has 30 heavy (non-hydrogen) atoms. The molecule has 1 unspecified atom stereocenters. The van der Waals surface area contributed by atoms with Crippen molar-refractivity contribution < 1.29 is 13.9 Å². The lowest BCUT2D eigenvalue weighted by Gasteiger charge is -2.25. The first-order valence-electron chi connectivity index (χ1n) is 9.10. The molecule has 3 aromatic rings. The Kier molecular flexibility index (Phi) is 5.81. The molecule has 0 aliphatic carbocycles. The lowest BCUT2D eigenvalue weighted by molar-refractivity contribution is -0.139. The van der Waals surface area contributed by atoms with Gasteiger partial charge in [0.1, 0.15) is 11.8 Å². The van der Waals surface area contributed by atoms with E-state index in [1.165, 1.54) is 15.9 Å². The van der Waals surface area contributed by atoms with E-state index in [1.54, 1.807) is 50.3 Å². The molecule has 9 heteroatoms. The average molecular weight is 508 g/mol. The van der Waals surface area contributed by atoms with Crippen LogP contribution in [0.15, 0.2) is 66.5 Å². The molecule has 4 rings (SSSR count). The first kappa shape index (κ1) is 20.8. The molecule has 1 aliphatic heterocycles. The van der Waals surface area contributed by atoms with Crippen LogP contribution in [0.25, 0.3) is 6.08 Å². The van der Waals surface area contributed by atoms with Gasteiger partial charge in [0, 0.05) is 11.1 Å². The van der Waals surface area contributed by atoms with Gasteiger partial charge >= 0.3 is 5.97 Å². The van der Waals surface area contributed by atoms with Crippen molar-refractivity contribution in [2.75, 3.05) is 6.61 Å². The Labute approximate surface area is 188 Å². The minimum Gasteiger partial charge on any atom is -0.463 e. The molecule has 154 valence electrons. The smallest absolute Gasteiger partial charge is 0.338 e. The maximum Gasteiger partial charge on any atom is 0.338 e. The van der Waals surface area contributed by atoms with Gasteiger partial charge in [0.2, 0.25) is 0 Å². The maximum absolute atomic E-state index is 13.4. The summed E-state index contributed by atoms with van der Waals surface area (Å²) in [5.74, 6) is 0.00989. The molecule has 2 aromatic heterocycles. The Morgan fingerprint density at radius 1 is 1.37 bits per heavy atom. The van der Waals surface area contributed by atoms with Crippen molar-refractivity contribution in [1.82, 2.24) is 4.57 Å². The lowest BCUT2D eigenvalue weighted by atomic mass is 9.96. The third kappa shape index (κ3) is 3.71. The highest BCUT2D eigenvalue weighted by Gasteiger charge is 2.34. The number of ether oxygens (including phenoxy) is 1. The predicted molar refractivity (Wildman–Crippen MR) is 118 cm³/mol. The van der Waals surface area contributed by atoms with Crippen molar-refractivity contribution in [3.63, 3.8) is 0 Å². The normalized spacial score (nSPS) is 16.4. The third-order valence-electron chi connectivity index (χ3n) is 4.58. The number of aromatic nitrogens is 1. The van der Waals surface area contributed by atoms with Gasteiger partial charge in [0.15, 0.2) is 9.47 Å². The minimum absolute atomic E-state index is 0.211. The number of halogens is 2. The van der Waals surface area contributed by atoms with Gasteiger partial charge in [0.05, 0.1) is 22.4 Å². The van der Waals surface area contributed by atoms with E-state index in [1.807, 2.05) is 6.07 Å². The molecule has 0 N–H and O–H groups in total. The fraction of sp³-hybridized carbons (Fsp3) is 0.190. The lowest BCUT2D eigenvalue weighted by Crippen LogP contribution is -2.40. The van der Waals surface area contributed by atoms with Crippen LogP contribution in [0.2, 0.25) is 5.02 Å². The van der Waals surface area contributed by atoms with Gasteiger partial charge in [-0.3, -0.25) is 9.36 Å². The van der Waals surface area contributed by atoms with Crippen LogP contribution < -0.4 is 14.9 Å². The quantitative estimate of drug-likeness (QED) is 0.504. The minimum atomic E-state index is -0.737. The zero-order chi connectivity index (χ0) is 21.4. The predicted octanol–water partition coefficient (Wildman–Crippen LogP) is 3.81. The molecule has 0 radical (unpaired) electrons. The number of thiazole rings is 1. The van der Waals surface area contributed by atoms with E-state index in [4.69, 9.17) is 20.8 Å². The van der Waals surface area contributed by atoms with Crippen LogP contribution in [-0.2, 0) is 9.53 Å². The van der Waals surface area contributed by atoms with Gasteiger partial charge in [-0.1, -0.05) is 41.1 Å². The topological polar surface area (TPSA) is 73.8 Å². The van der Waals surface area contributed by atoms with Crippen LogP contribution in [0.1, 0.15) is 31.2 Å². The standard InChI is InChI=1S/C21H16BrClN2O4S/c1-3-28-20(27)17-11(2)24-21-25(18(17)13-6-4-5-7-14(13)23)19(26)15(30-21)10-12-8-9-16(22)29-12/h4-10,18H,3H2,1-2H3/b15-10-. The molecule has 0 saturated carbocycles. The number of hydrogen-bond donors (Lipinski definition) is 0. The SMILES string of the molecule is CCOC(=O)C1=C(C)N=c2s/c(=C\c3ccc(Br)o3)c(=O)n2C1c1ccccc1Cl. The molecule has 1 aliphatic rings. The molecule has 0 fully saturated rings.